The fourth-order valence-electron chi connectivity index (χ4n) is 5.18. The second kappa shape index (κ2) is 12.1. The van der Waals surface area contributed by atoms with Gasteiger partial charge < -0.3 is 18.9 Å². The Balaban J connectivity index is 1.38. The standard InChI is InChI=1S/C30H36N4O3S/c1-21(2)37-30(35)32-23-9-7-22(8-10-23)29-27(20-31)26-12-11-25(19-28(26)34(29)24-5-3-6-24)36-16-4-13-33-14-17-38-18-15-33/h7-12,19,21,24H,3-6,13-18H2,1-2H3,(H,32,35). The van der Waals surface area contributed by atoms with E-state index in [0.717, 1.165) is 53.7 Å². The predicted octanol–water partition coefficient (Wildman–Crippen LogP) is 6.68. The molecule has 5 rings (SSSR count). The smallest absolute Gasteiger partial charge is 0.411 e. The van der Waals surface area contributed by atoms with Gasteiger partial charge in [0.15, 0.2) is 0 Å². The van der Waals surface area contributed by atoms with Gasteiger partial charge in [-0.05, 0) is 69.4 Å². The number of carbonyl (C=O) groups is 1. The van der Waals surface area contributed by atoms with E-state index in [2.05, 4.69) is 26.9 Å². The van der Waals surface area contributed by atoms with Crippen molar-refractivity contribution in [1.29, 1.82) is 5.26 Å². The summed E-state index contributed by atoms with van der Waals surface area (Å²) in [6.45, 7) is 7.73. The van der Waals surface area contributed by atoms with Gasteiger partial charge in [0.25, 0.3) is 0 Å². The highest BCUT2D eigenvalue weighted by atomic mass is 32.2. The van der Waals surface area contributed by atoms with Crippen LogP contribution in [-0.2, 0) is 4.74 Å². The number of nitrogens with zero attached hydrogens (tertiary/aromatic N) is 3. The minimum Gasteiger partial charge on any atom is -0.493 e. The number of anilines is 1. The quantitative estimate of drug-likeness (QED) is 0.310. The molecule has 2 heterocycles. The first-order chi connectivity index (χ1) is 18.5. The molecule has 1 amide bonds. The molecule has 0 atom stereocenters. The maximum Gasteiger partial charge on any atom is 0.411 e. The molecule has 1 saturated carbocycles. The fourth-order valence-corrected chi connectivity index (χ4v) is 6.16. The van der Waals surface area contributed by atoms with E-state index in [1.54, 1.807) is 0 Å². The molecule has 1 saturated heterocycles. The highest BCUT2D eigenvalue weighted by molar-refractivity contribution is 7.99. The van der Waals surface area contributed by atoms with Gasteiger partial charge in [-0.2, -0.15) is 17.0 Å². The van der Waals surface area contributed by atoms with Crippen LogP contribution in [0.3, 0.4) is 0 Å². The molecule has 1 aliphatic carbocycles. The second-order valence-electron chi connectivity index (χ2n) is 10.3. The van der Waals surface area contributed by atoms with Crippen LogP contribution in [0.1, 0.15) is 51.1 Å². The van der Waals surface area contributed by atoms with Crippen LogP contribution < -0.4 is 10.1 Å². The number of benzene rings is 2. The lowest BCUT2D eigenvalue weighted by Gasteiger charge is -2.30. The number of ether oxygens (including phenoxy) is 2. The number of hydrogen-bond acceptors (Lipinski definition) is 6. The summed E-state index contributed by atoms with van der Waals surface area (Å²) in [5.41, 5.74) is 4.28. The summed E-state index contributed by atoms with van der Waals surface area (Å²) in [6.07, 6.45) is 3.73. The lowest BCUT2D eigenvalue weighted by molar-refractivity contribution is 0.130. The zero-order valence-electron chi connectivity index (χ0n) is 22.2. The van der Waals surface area contributed by atoms with E-state index in [4.69, 9.17) is 9.47 Å². The van der Waals surface area contributed by atoms with Gasteiger partial charge in [-0.3, -0.25) is 5.32 Å². The average molecular weight is 533 g/mol. The van der Waals surface area contributed by atoms with Crippen molar-refractivity contribution in [3.63, 3.8) is 0 Å². The van der Waals surface area contributed by atoms with Gasteiger partial charge in [0.05, 0.1) is 29.5 Å². The van der Waals surface area contributed by atoms with Crippen molar-refractivity contribution in [2.45, 2.75) is 51.7 Å². The third-order valence-corrected chi connectivity index (χ3v) is 8.21. The summed E-state index contributed by atoms with van der Waals surface area (Å²) in [6, 6.07) is 16.6. The van der Waals surface area contributed by atoms with E-state index in [1.807, 2.05) is 62.0 Å². The SMILES string of the molecule is CC(C)OC(=O)Nc1ccc(-c2c(C#N)c3ccc(OCCCN4CCSCC4)cc3n2C2CCC2)cc1. The van der Waals surface area contributed by atoms with E-state index in [0.29, 0.717) is 23.9 Å². The Hall–Kier alpha value is -3.15. The summed E-state index contributed by atoms with van der Waals surface area (Å²) in [5, 5.41) is 13.9. The second-order valence-corrected chi connectivity index (χ2v) is 11.5. The molecule has 2 aliphatic rings. The first-order valence-electron chi connectivity index (χ1n) is 13.6. The number of nitrogens with one attached hydrogen (secondary N) is 1. The molecule has 0 radical (unpaired) electrons. The Bertz CT molecular complexity index is 1300. The summed E-state index contributed by atoms with van der Waals surface area (Å²) >= 11 is 2.03. The third-order valence-electron chi connectivity index (χ3n) is 7.27. The molecular formula is C30H36N4O3S. The number of hydrogen-bond donors (Lipinski definition) is 1. The van der Waals surface area contributed by atoms with E-state index in [-0.39, 0.29) is 6.10 Å². The van der Waals surface area contributed by atoms with Crippen molar-refractivity contribution in [1.82, 2.24) is 9.47 Å². The van der Waals surface area contributed by atoms with Crippen molar-refractivity contribution in [3.05, 3.63) is 48.0 Å². The Morgan fingerprint density at radius 2 is 1.92 bits per heavy atom. The van der Waals surface area contributed by atoms with Crippen molar-refractivity contribution in [2.75, 3.05) is 43.1 Å². The lowest BCUT2D eigenvalue weighted by Crippen LogP contribution is -2.33. The van der Waals surface area contributed by atoms with Gasteiger partial charge in [0.1, 0.15) is 11.8 Å². The first kappa shape index (κ1) is 26.5. The molecule has 1 aromatic heterocycles. The minimum atomic E-state index is -0.475. The van der Waals surface area contributed by atoms with Gasteiger partial charge in [0, 0.05) is 54.3 Å². The van der Waals surface area contributed by atoms with Crippen LogP contribution in [0.4, 0.5) is 10.5 Å². The fraction of sp³-hybridized carbons (Fsp3) is 0.467. The third kappa shape index (κ3) is 5.95. The highest BCUT2D eigenvalue weighted by Gasteiger charge is 2.28. The number of aromatic nitrogens is 1. The maximum atomic E-state index is 12.0. The molecule has 0 spiro atoms. The van der Waals surface area contributed by atoms with Gasteiger partial charge in [0.2, 0.25) is 0 Å². The van der Waals surface area contributed by atoms with Gasteiger partial charge in [-0.25, -0.2) is 4.79 Å². The van der Waals surface area contributed by atoms with Crippen LogP contribution in [-0.4, -0.2) is 59.4 Å². The van der Waals surface area contributed by atoms with E-state index >= 15 is 0 Å². The number of fused-ring (bicyclic) bond motifs is 1. The number of thioether (sulfide) groups is 1. The molecule has 2 aromatic carbocycles. The molecule has 0 bridgehead atoms. The first-order valence-corrected chi connectivity index (χ1v) is 14.8. The van der Waals surface area contributed by atoms with Crippen LogP contribution in [0.5, 0.6) is 5.75 Å². The molecule has 200 valence electrons. The largest absolute Gasteiger partial charge is 0.493 e. The Kier molecular flexibility index (Phi) is 8.45. The lowest BCUT2D eigenvalue weighted by atomic mass is 9.92. The van der Waals surface area contributed by atoms with Gasteiger partial charge in [-0.1, -0.05) is 12.1 Å². The molecule has 38 heavy (non-hydrogen) atoms. The Morgan fingerprint density at radius 1 is 1.16 bits per heavy atom. The zero-order chi connectivity index (χ0) is 26.5. The summed E-state index contributed by atoms with van der Waals surface area (Å²) in [7, 11) is 0. The van der Waals surface area contributed by atoms with Crippen LogP contribution in [0.15, 0.2) is 42.5 Å². The number of carbonyl (C=O) groups excluding carboxylic acids is 1. The van der Waals surface area contributed by atoms with Crippen molar-refractivity contribution < 1.29 is 14.3 Å². The van der Waals surface area contributed by atoms with Crippen molar-refractivity contribution in [3.8, 4) is 23.1 Å². The Labute approximate surface area is 229 Å². The van der Waals surface area contributed by atoms with E-state index in [9.17, 15) is 10.1 Å². The van der Waals surface area contributed by atoms with E-state index in [1.165, 1.54) is 31.0 Å². The zero-order valence-corrected chi connectivity index (χ0v) is 23.1. The average Bonchev–Trinajstić information content (AvgIpc) is 3.19. The van der Waals surface area contributed by atoms with E-state index < -0.39 is 6.09 Å². The van der Waals surface area contributed by atoms with Gasteiger partial charge >= 0.3 is 6.09 Å². The normalized spacial score (nSPS) is 16.3. The molecule has 1 N–H and O–H groups in total. The molecule has 7 nitrogen and oxygen atoms in total. The van der Waals surface area contributed by atoms with Crippen LogP contribution in [0, 0.1) is 11.3 Å². The minimum absolute atomic E-state index is 0.187. The molecule has 1 aliphatic heterocycles. The molecule has 8 heteroatoms. The summed E-state index contributed by atoms with van der Waals surface area (Å²) < 4.78 is 13.7. The molecular weight excluding hydrogens is 496 g/mol. The van der Waals surface area contributed by atoms with Crippen LogP contribution in [0.25, 0.3) is 22.2 Å². The number of nitriles is 1. The van der Waals surface area contributed by atoms with Crippen LogP contribution in [0.2, 0.25) is 0 Å². The Morgan fingerprint density at radius 3 is 2.58 bits per heavy atom. The van der Waals surface area contributed by atoms with Gasteiger partial charge in [-0.15, -0.1) is 0 Å². The highest BCUT2D eigenvalue weighted by Crippen LogP contribution is 2.43. The number of rotatable bonds is 9. The van der Waals surface area contributed by atoms with Crippen molar-refractivity contribution >= 4 is 34.4 Å². The van der Waals surface area contributed by atoms with Crippen molar-refractivity contribution in [2.24, 2.45) is 0 Å². The predicted molar refractivity (Wildman–Crippen MR) is 154 cm³/mol. The van der Waals surface area contributed by atoms with Crippen LogP contribution >= 0.6 is 11.8 Å². The maximum absolute atomic E-state index is 12.0. The summed E-state index contributed by atoms with van der Waals surface area (Å²) in [5.74, 6) is 3.30. The monoisotopic (exact) mass is 532 g/mol. The molecule has 0 unspecified atom stereocenters. The molecule has 3 aromatic rings. The number of amides is 1. The topological polar surface area (TPSA) is 79.5 Å². The molecule has 2 fully saturated rings. The summed E-state index contributed by atoms with van der Waals surface area (Å²) in [4.78, 5) is 14.5.